The van der Waals surface area contributed by atoms with E-state index in [9.17, 15) is 9.59 Å². The van der Waals surface area contributed by atoms with Crippen molar-refractivity contribution >= 4 is 43.1 Å². The molecule has 4 aromatic heterocycles. The van der Waals surface area contributed by atoms with Crippen molar-refractivity contribution in [1.29, 1.82) is 0 Å². The molecule has 132 valence electrons. The zero-order chi connectivity index (χ0) is 18.3. The first kappa shape index (κ1) is 17.1. The van der Waals surface area contributed by atoms with Crippen LogP contribution >= 0.6 is 22.7 Å². The van der Waals surface area contributed by atoms with E-state index in [1.807, 2.05) is 19.1 Å². The van der Waals surface area contributed by atoms with Crippen LogP contribution in [0.4, 0.5) is 0 Å². The van der Waals surface area contributed by atoms with Crippen LogP contribution in [0, 0.1) is 6.92 Å². The third-order valence-corrected chi connectivity index (χ3v) is 6.52. The van der Waals surface area contributed by atoms with E-state index in [0.29, 0.717) is 29.3 Å². The second-order valence-corrected chi connectivity index (χ2v) is 8.50. The number of nitrogens with zero attached hydrogens (tertiary/aromatic N) is 3. The number of hydrogen-bond donors (Lipinski definition) is 0. The maximum Gasteiger partial charge on any atom is 0.262 e. The normalized spacial score (nSPS) is 11.5. The molecule has 0 saturated heterocycles. The Labute approximate surface area is 157 Å². The highest BCUT2D eigenvalue weighted by atomic mass is 32.1. The Morgan fingerprint density at radius 3 is 2.69 bits per heavy atom. The molecule has 5 nitrogen and oxygen atoms in total. The summed E-state index contributed by atoms with van der Waals surface area (Å²) in [5.41, 5.74) is 0.609. The third kappa shape index (κ3) is 2.97. The fourth-order valence-corrected chi connectivity index (χ4v) is 4.77. The summed E-state index contributed by atoms with van der Waals surface area (Å²) in [6, 6.07) is 5.56. The van der Waals surface area contributed by atoms with Gasteiger partial charge in [0, 0.05) is 28.1 Å². The first-order valence-corrected chi connectivity index (χ1v) is 10.1. The van der Waals surface area contributed by atoms with Crippen molar-refractivity contribution < 1.29 is 0 Å². The zero-order valence-electron chi connectivity index (χ0n) is 14.5. The summed E-state index contributed by atoms with van der Waals surface area (Å²) >= 11 is 3.07. The van der Waals surface area contributed by atoms with Gasteiger partial charge in [0.15, 0.2) is 5.43 Å². The van der Waals surface area contributed by atoms with Crippen molar-refractivity contribution in [1.82, 2.24) is 14.5 Å². The Morgan fingerprint density at radius 2 is 1.88 bits per heavy atom. The predicted octanol–water partition coefficient (Wildman–Crippen LogP) is 3.54. The van der Waals surface area contributed by atoms with E-state index in [1.165, 1.54) is 11.3 Å². The van der Waals surface area contributed by atoms with Gasteiger partial charge in [-0.05, 0) is 38.0 Å². The molecular formula is C19H17N3O2S2. The molecule has 0 spiro atoms. The fourth-order valence-electron chi connectivity index (χ4n) is 2.99. The molecule has 7 heteroatoms. The van der Waals surface area contributed by atoms with Gasteiger partial charge in [-0.2, -0.15) is 0 Å². The van der Waals surface area contributed by atoms with E-state index in [1.54, 1.807) is 34.5 Å². The van der Waals surface area contributed by atoms with Crippen LogP contribution in [-0.2, 0) is 19.4 Å². The lowest BCUT2D eigenvalue weighted by Crippen LogP contribution is -2.22. The van der Waals surface area contributed by atoms with Gasteiger partial charge in [0.1, 0.15) is 9.66 Å². The van der Waals surface area contributed by atoms with Crippen LogP contribution < -0.4 is 11.0 Å². The minimum atomic E-state index is -0.0478. The molecule has 0 aliphatic rings. The number of thiophene rings is 2. The van der Waals surface area contributed by atoms with Crippen LogP contribution in [0.3, 0.4) is 0 Å². The predicted molar refractivity (Wildman–Crippen MR) is 108 cm³/mol. The third-order valence-electron chi connectivity index (χ3n) is 4.38. The van der Waals surface area contributed by atoms with E-state index in [2.05, 4.69) is 16.9 Å². The molecule has 4 aromatic rings. The first-order chi connectivity index (χ1) is 12.6. The lowest BCUT2D eigenvalue weighted by molar-refractivity contribution is 0.662. The van der Waals surface area contributed by atoms with Gasteiger partial charge in [-0.25, -0.2) is 9.97 Å². The second kappa shape index (κ2) is 6.74. The van der Waals surface area contributed by atoms with Gasteiger partial charge in [-0.15, -0.1) is 22.7 Å². The highest BCUT2D eigenvalue weighted by Crippen LogP contribution is 2.21. The summed E-state index contributed by atoms with van der Waals surface area (Å²) < 4.78 is 1.59. The van der Waals surface area contributed by atoms with Crippen LogP contribution in [0.2, 0.25) is 0 Å². The van der Waals surface area contributed by atoms with Gasteiger partial charge in [0.25, 0.3) is 5.56 Å². The Morgan fingerprint density at radius 1 is 1.08 bits per heavy atom. The summed E-state index contributed by atoms with van der Waals surface area (Å²) in [5, 5.41) is 1.31. The highest BCUT2D eigenvalue weighted by Gasteiger charge is 2.10. The molecule has 0 atom stereocenters. The Bertz CT molecular complexity index is 1240. The topological polar surface area (TPSA) is 64.8 Å². The van der Waals surface area contributed by atoms with Gasteiger partial charge in [0.2, 0.25) is 0 Å². The number of fused-ring (bicyclic) bond motifs is 2. The van der Waals surface area contributed by atoms with Gasteiger partial charge in [0.05, 0.1) is 17.1 Å². The molecule has 26 heavy (non-hydrogen) atoms. The average Bonchev–Trinajstić information content (AvgIpc) is 3.19. The second-order valence-electron chi connectivity index (χ2n) is 6.15. The molecule has 0 fully saturated rings. The van der Waals surface area contributed by atoms with Gasteiger partial charge in [-0.1, -0.05) is 6.92 Å². The van der Waals surface area contributed by atoms with Crippen LogP contribution in [0.25, 0.3) is 20.4 Å². The average molecular weight is 383 g/mol. The molecule has 4 heterocycles. The Kier molecular flexibility index (Phi) is 4.42. The van der Waals surface area contributed by atoms with Crippen molar-refractivity contribution in [2.75, 3.05) is 0 Å². The molecule has 0 amide bonds. The Balaban J connectivity index is 1.69. The smallest absolute Gasteiger partial charge is 0.262 e. The number of hydrogen-bond acceptors (Lipinski definition) is 6. The lowest BCUT2D eigenvalue weighted by atomic mass is 10.1. The van der Waals surface area contributed by atoms with E-state index in [-0.39, 0.29) is 11.0 Å². The van der Waals surface area contributed by atoms with Gasteiger partial charge >= 0.3 is 0 Å². The summed E-state index contributed by atoms with van der Waals surface area (Å²) in [4.78, 5) is 38.0. The fraction of sp³-hybridized carbons (Fsp3) is 0.263. The maximum absolute atomic E-state index is 12.8. The van der Waals surface area contributed by atoms with E-state index >= 15 is 0 Å². The number of aryl methyl sites for hydroxylation is 4. The molecule has 0 saturated carbocycles. The van der Waals surface area contributed by atoms with Crippen molar-refractivity contribution in [3.8, 4) is 0 Å². The summed E-state index contributed by atoms with van der Waals surface area (Å²) in [6.07, 6.45) is 4.61. The molecule has 0 unspecified atom stereocenters. The summed E-state index contributed by atoms with van der Waals surface area (Å²) in [6.45, 7) is 4.45. The number of rotatable bonds is 4. The van der Waals surface area contributed by atoms with Crippen molar-refractivity contribution in [3.63, 3.8) is 0 Å². The van der Waals surface area contributed by atoms with Crippen molar-refractivity contribution in [2.24, 2.45) is 0 Å². The van der Waals surface area contributed by atoms with Crippen LogP contribution in [0.5, 0.6) is 0 Å². The molecular weight excluding hydrogens is 366 g/mol. The van der Waals surface area contributed by atoms with E-state index in [4.69, 9.17) is 0 Å². The largest absolute Gasteiger partial charge is 0.298 e. The standard InChI is InChI=1S/C19H17N3O2S2/c1-3-13-9-15-18(26-13)21-10-22(19(15)24)7-5-12-4-6-20-17-14(16(12)23)8-11(2)25-17/h4,6,8-10H,3,5,7H2,1-2H3. The van der Waals surface area contributed by atoms with Crippen molar-refractivity contribution in [3.05, 3.63) is 66.6 Å². The molecule has 0 bridgehead atoms. The summed E-state index contributed by atoms with van der Waals surface area (Å²) in [5.74, 6) is 0. The SMILES string of the molecule is CCc1cc2c(=O)n(CCc3ccnc4sc(C)cc4c3=O)cnc2s1. The molecule has 0 aromatic carbocycles. The maximum atomic E-state index is 12.8. The van der Waals surface area contributed by atoms with E-state index in [0.717, 1.165) is 25.8 Å². The Hall–Kier alpha value is -2.38. The van der Waals surface area contributed by atoms with Crippen LogP contribution in [-0.4, -0.2) is 14.5 Å². The quantitative estimate of drug-likeness (QED) is 0.541. The molecule has 4 rings (SSSR count). The minimum absolute atomic E-state index is 0.00672. The monoisotopic (exact) mass is 383 g/mol. The lowest BCUT2D eigenvalue weighted by Gasteiger charge is -2.04. The molecule has 0 aliphatic heterocycles. The van der Waals surface area contributed by atoms with Crippen molar-refractivity contribution in [2.45, 2.75) is 33.2 Å². The molecule has 0 radical (unpaired) electrons. The molecule has 0 aliphatic carbocycles. The highest BCUT2D eigenvalue weighted by molar-refractivity contribution is 7.18. The minimum Gasteiger partial charge on any atom is -0.298 e. The first-order valence-electron chi connectivity index (χ1n) is 8.43. The van der Waals surface area contributed by atoms with E-state index < -0.39 is 0 Å². The van der Waals surface area contributed by atoms with Crippen LogP contribution in [0.1, 0.15) is 22.2 Å². The molecule has 0 N–H and O–H groups in total. The van der Waals surface area contributed by atoms with Gasteiger partial charge in [-0.3, -0.25) is 14.2 Å². The van der Waals surface area contributed by atoms with Gasteiger partial charge < -0.3 is 0 Å². The zero-order valence-corrected chi connectivity index (χ0v) is 16.1. The summed E-state index contributed by atoms with van der Waals surface area (Å²) in [7, 11) is 0. The van der Waals surface area contributed by atoms with Crippen LogP contribution in [0.15, 0.2) is 40.3 Å². The number of aromatic nitrogens is 3.